The highest BCUT2D eigenvalue weighted by molar-refractivity contribution is 8.01. The maximum absolute atomic E-state index is 13.4. The summed E-state index contributed by atoms with van der Waals surface area (Å²) < 4.78 is 47.1. The molecule has 0 saturated heterocycles. The number of sulfonamides is 1. The first-order chi connectivity index (χ1) is 15.8. The van der Waals surface area contributed by atoms with E-state index < -0.39 is 28.3 Å². The molecule has 3 aromatic rings. The van der Waals surface area contributed by atoms with E-state index in [-0.39, 0.29) is 15.7 Å². The quantitative estimate of drug-likeness (QED) is 0.235. The van der Waals surface area contributed by atoms with Crippen LogP contribution >= 0.6 is 23.1 Å². The number of thioether (sulfide) groups is 1. The number of nitrogens with one attached hydrogen (secondary N) is 1. The molecule has 0 aliphatic heterocycles. The van der Waals surface area contributed by atoms with Gasteiger partial charge < -0.3 is 4.74 Å². The van der Waals surface area contributed by atoms with Gasteiger partial charge in [-0.2, -0.15) is 0 Å². The zero-order chi connectivity index (χ0) is 23.8. The molecule has 3 rings (SSSR count). The molecule has 1 aromatic heterocycles. The normalized spacial score (nSPS) is 11.1. The maximum atomic E-state index is 13.4. The van der Waals surface area contributed by atoms with Crippen molar-refractivity contribution in [2.45, 2.75) is 16.2 Å². The number of hydrogen-bond acceptors (Lipinski definition) is 8. The molecule has 33 heavy (non-hydrogen) atoms. The van der Waals surface area contributed by atoms with Gasteiger partial charge in [0.25, 0.3) is 10.0 Å². The van der Waals surface area contributed by atoms with E-state index in [0.29, 0.717) is 22.4 Å². The van der Waals surface area contributed by atoms with Crippen molar-refractivity contribution in [3.05, 3.63) is 67.0 Å². The standard InChI is InChI=1S/C21H21FN4O4S3/c1-3-13-31-21-25-24-20(32-21)23-19(27)14-26(16-7-5-15(22)6-8-16)33(28,29)18-11-9-17(10-12-18)30-4-2/h3,5-12H,1,4,13-14H2,2H3,(H,23,24,27). The van der Waals surface area contributed by atoms with Crippen molar-refractivity contribution in [3.63, 3.8) is 0 Å². The summed E-state index contributed by atoms with van der Waals surface area (Å²) in [4.78, 5) is 12.7. The molecule has 0 bridgehead atoms. The van der Waals surface area contributed by atoms with Crippen molar-refractivity contribution in [2.75, 3.05) is 28.5 Å². The molecule has 1 heterocycles. The summed E-state index contributed by atoms with van der Waals surface area (Å²) in [6.45, 7) is 5.34. The topological polar surface area (TPSA) is 101 Å². The third kappa shape index (κ3) is 6.53. The molecular weight excluding hydrogens is 487 g/mol. The number of amides is 1. The van der Waals surface area contributed by atoms with Crippen LogP contribution in [0.3, 0.4) is 0 Å². The van der Waals surface area contributed by atoms with Gasteiger partial charge in [-0.3, -0.25) is 14.4 Å². The van der Waals surface area contributed by atoms with E-state index in [2.05, 4.69) is 22.1 Å². The van der Waals surface area contributed by atoms with Crippen molar-refractivity contribution in [1.29, 1.82) is 0 Å². The number of ether oxygens (including phenoxy) is 1. The Morgan fingerprint density at radius 1 is 1.21 bits per heavy atom. The van der Waals surface area contributed by atoms with E-state index >= 15 is 0 Å². The van der Waals surface area contributed by atoms with Gasteiger partial charge in [0.1, 0.15) is 18.1 Å². The second kappa shape index (κ2) is 11.3. The van der Waals surface area contributed by atoms with Crippen LogP contribution in [-0.4, -0.2) is 43.4 Å². The summed E-state index contributed by atoms with van der Waals surface area (Å²) in [5, 5.41) is 10.7. The third-order valence-electron chi connectivity index (χ3n) is 4.10. The van der Waals surface area contributed by atoms with Crippen LogP contribution < -0.4 is 14.4 Å². The third-order valence-corrected chi connectivity index (χ3v) is 7.86. The number of halogens is 1. The van der Waals surface area contributed by atoms with Gasteiger partial charge in [-0.25, -0.2) is 12.8 Å². The Bertz CT molecular complexity index is 1200. The van der Waals surface area contributed by atoms with Gasteiger partial charge in [0.05, 0.1) is 17.2 Å². The molecule has 0 aliphatic carbocycles. The molecule has 12 heteroatoms. The molecule has 0 aliphatic rings. The first-order valence-corrected chi connectivity index (χ1v) is 13.0. The zero-order valence-electron chi connectivity index (χ0n) is 17.6. The largest absolute Gasteiger partial charge is 0.494 e. The Balaban J connectivity index is 1.85. The molecule has 0 atom stereocenters. The first-order valence-electron chi connectivity index (χ1n) is 9.71. The average molecular weight is 509 g/mol. The van der Waals surface area contributed by atoms with Crippen molar-refractivity contribution < 1.29 is 22.3 Å². The Morgan fingerprint density at radius 3 is 2.55 bits per heavy atom. The molecule has 0 radical (unpaired) electrons. The molecule has 0 spiro atoms. The van der Waals surface area contributed by atoms with Crippen molar-refractivity contribution in [3.8, 4) is 5.75 Å². The summed E-state index contributed by atoms with van der Waals surface area (Å²) in [6.07, 6.45) is 1.72. The Kier molecular flexibility index (Phi) is 8.42. The van der Waals surface area contributed by atoms with Crippen LogP contribution in [0.5, 0.6) is 5.75 Å². The van der Waals surface area contributed by atoms with Crippen LogP contribution in [-0.2, 0) is 14.8 Å². The molecule has 1 amide bonds. The van der Waals surface area contributed by atoms with E-state index in [1.54, 1.807) is 6.08 Å². The van der Waals surface area contributed by atoms with E-state index in [9.17, 15) is 17.6 Å². The van der Waals surface area contributed by atoms with Gasteiger partial charge in [-0.1, -0.05) is 29.2 Å². The second-order valence-corrected chi connectivity index (χ2v) is 10.5. The molecule has 0 fully saturated rings. The predicted octanol–water partition coefficient (Wildman–Crippen LogP) is 4.19. The molecule has 0 unspecified atom stereocenters. The summed E-state index contributed by atoms with van der Waals surface area (Å²) in [7, 11) is -4.15. The Morgan fingerprint density at radius 2 is 1.91 bits per heavy atom. The highest BCUT2D eigenvalue weighted by Crippen LogP contribution is 2.27. The summed E-state index contributed by atoms with van der Waals surface area (Å²) >= 11 is 2.58. The lowest BCUT2D eigenvalue weighted by molar-refractivity contribution is -0.114. The minimum atomic E-state index is -4.15. The molecule has 1 N–H and O–H groups in total. The Hall–Kier alpha value is -2.96. The average Bonchev–Trinajstić information content (AvgIpc) is 3.24. The highest BCUT2D eigenvalue weighted by Gasteiger charge is 2.28. The number of benzene rings is 2. The number of nitrogens with zero attached hydrogens (tertiary/aromatic N) is 3. The SMILES string of the molecule is C=CCSc1nnc(NC(=O)CN(c2ccc(F)cc2)S(=O)(=O)c2ccc(OCC)cc2)s1. The Labute approximate surface area is 199 Å². The smallest absolute Gasteiger partial charge is 0.264 e. The minimum absolute atomic E-state index is 0.0397. The lowest BCUT2D eigenvalue weighted by Gasteiger charge is -2.24. The number of carbonyl (C=O) groups excluding carboxylic acids is 1. The molecule has 8 nitrogen and oxygen atoms in total. The van der Waals surface area contributed by atoms with Gasteiger partial charge in [-0.05, 0) is 55.5 Å². The van der Waals surface area contributed by atoms with E-state index in [1.807, 2.05) is 6.92 Å². The van der Waals surface area contributed by atoms with Crippen molar-refractivity contribution in [1.82, 2.24) is 10.2 Å². The van der Waals surface area contributed by atoms with Gasteiger partial charge >= 0.3 is 0 Å². The second-order valence-electron chi connectivity index (χ2n) is 6.41. The summed E-state index contributed by atoms with van der Waals surface area (Å²) in [6, 6.07) is 10.7. The molecule has 0 saturated carbocycles. The minimum Gasteiger partial charge on any atom is -0.494 e. The number of aromatic nitrogens is 2. The van der Waals surface area contributed by atoms with E-state index in [0.717, 1.165) is 16.4 Å². The lowest BCUT2D eigenvalue weighted by atomic mass is 10.3. The fourth-order valence-electron chi connectivity index (χ4n) is 2.66. The maximum Gasteiger partial charge on any atom is 0.264 e. The lowest BCUT2D eigenvalue weighted by Crippen LogP contribution is -2.38. The summed E-state index contributed by atoms with van der Waals surface area (Å²) in [5.74, 6) is 0.00977. The van der Waals surface area contributed by atoms with Crippen LogP contribution in [0.2, 0.25) is 0 Å². The van der Waals surface area contributed by atoms with Gasteiger partial charge in [-0.15, -0.1) is 16.8 Å². The van der Waals surface area contributed by atoms with Crippen LogP contribution in [0.4, 0.5) is 15.2 Å². The van der Waals surface area contributed by atoms with Gasteiger partial charge in [0, 0.05) is 5.75 Å². The van der Waals surface area contributed by atoms with Crippen LogP contribution in [0.15, 0.2) is 70.4 Å². The fraction of sp³-hybridized carbons (Fsp3) is 0.190. The fourth-order valence-corrected chi connectivity index (χ4v) is 5.61. The van der Waals surface area contributed by atoms with Crippen LogP contribution in [0.25, 0.3) is 0 Å². The number of rotatable bonds is 11. The van der Waals surface area contributed by atoms with Crippen LogP contribution in [0.1, 0.15) is 6.92 Å². The van der Waals surface area contributed by atoms with Crippen LogP contribution in [0, 0.1) is 5.82 Å². The highest BCUT2D eigenvalue weighted by atomic mass is 32.2. The van der Waals surface area contributed by atoms with E-state index in [4.69, 9.17) is 4.74 Å². The molecule has 174 valence electrons. The summed E-state index contributed by atoms with van der Waals surface area (Å²) in [5.41, 5.74) is 0.139. The monoisotopic (exact) mass is 508 g/mol. The van der Waals surface area contributed by atoms with Gasteiger partial charge in [0.2, 0.25) is 11.0 Å². The predicted molar refractivity (Wildman–Crippen MR) is 128 cm³/mol. The number of anilines is 2. The zero-order valence-corrected chi connectivity index (χ0v) is 20.1. The van der Waals surface area contributed by atoms with Crippen molar-refractivity contribution in [2.24, 2.45) is 0 Å². The number of carbonyl (C=O) groups is 1. The number of hydrogen-bond donors (Lipinski definition) is 1. The molecule has 2 aromatic carbocycles. The first kappa shape index (κ1) is 24.7. The van der Waals surface area contributed by atoms with E-state index in [1.165, 1.54) is 59.5 Å². The van der Waals surface area contributed by atoms with Gasteiger partial charge in [0.15, 0.2) is 4.34 Å². The van der Waals surface area contributed by atoms with Crippen molar-refractivity contribution >= 4 is 49.8 Å². The molecular formula is C21H21FN4O4S3.